The van der Waals surface area contributed by atoms with Crippen LogP contribution < -0.4 is 4.74 Å². The van der Waals surface area contributed by atoms with E-state index in [1.807, 2.05) is 6.07 Å². The van der Waals surface area contributed by atoms with Gasteiger partial charge in [0, 0.05) is 0 Å². The Morgan fingerprint density at radius 1 is 1.44 bits per heavy atom. The molecule has 0 atom stereocenters. The average Bonchev–Trinajstić information content (AvgIpc) is 2.28. The van der Waals surface area contributed by atoms with Crippen LogP contribution in [-0.4, -0.2) is 19.2 Å². The molecule has 3 heteroatoms. The number of aldehydes is 1. The standard InChI is InChI=1S/C13H16O3/c1-9(2)10-4-5-13(16-3)11(8-10)12(15)6-7-14/h4-5,7-9H,6H2,1-3H3. The van der Waals surface area contributed by atoms with Crippen LogP contribution in [0.5, 0.6) is 5.75 Å². The molecule has 3 nitrogen and oxygen atoms in total. The van der Waals surface area contributed by atoms with Crippen LogP contribution in [0.25, 0.3) is 0 Å². The third-order valence-electron chi connectivity index (χ3n) is 2.46. The van der Waals surface area contributed by atoms with Crippen LogP contribution in [-0.2, 0) is 4.79 Å². The van der Waals surface area contributed by atoms with Crippen LogP contribution in [0.4, 0.5) is 0 Å². The van der Waals surface area contributed by atoms with Gasteiger partial charge in [0.1, 0.15) is 12.0 Å². The molecule has 0 amide bonds. The predicted octanol–water partition coefficient (Wildman–Crippen LogP) is 2.59. The molecule has 0 aliphatic heterocycles. The van der Waals surface area contributed by atoms with E-state index >= 15 is 0 Å². The van der Waals surface area contributed by atoms with Gasteiger partial charge in [-0.05, 0) is 23.6 Å². The Labute approximate surface area is 95.4 Å². The molecule has 0 fully saturated rings. The van der Waals surface area contributed by atoms with Gasteiger partial charge < -0.3 is 9.53 Å². The smallest absolute Gasteiger partial charge is 0.173 e. The second kappa shape index (κ2) is 5.45. The van der Waals surface area contributed by atoms with Crippen molar-refractivity contribution in [2.75, 3.05) is 7.11 Å². The largest absolute Gasteiger partial charge is 0.496 e. The molecule has 0 saturated carbocycles. The molecule has 86 valence electrons. The second-order valence-electron chi connectivity index (χ2n) is 3.91. The van der Waals surface area contributed by atoms with Crippen LogP contribution >= 0.6 is 0 Å². The fourth-order valence-electron chi connectivity index (χ4n) is 1.49. The maximum absolute atomic E-state index is 11.7. The van der Waals surface area contributed by atoms with E-state index in [4.69, 9.17) is 4.74 Å². The van der Waals surface area contributed by atoms with Crippen molar-refractivity contribution in [1.29, 1.82) is 0 Å². The molecule has 0 aliphatic carbocycles. The number of ketones is 1. The Morgan fingerprint density at radius 2 is 2.12 bits per heavy atom. The van der Waals surface area contributed by atoms with Crippen molar-refractivity contribution >= 4 is 12.1 Å². The molecular formula is C13H16O3. The van der Waals surface area contributed by atoms with Crippen molar-refractivity contribution in [3.8, 4) is 5.75 Å². The van der Waals surface area contributed by atoms with Crippen molar-refractivity contribution in [3.05, 3.63) is 29.3 Å². The first-order chi connectivity index (χ1) is 7.60. The zero-order chi connectivity index (χ0) is 12.1. The highest BCUT2D eigenvalue weighted by atomic mass is 16.5. The third kappa shape index (κ3) is 2.69. The summed E-state index contributed by atoms with van der Waals surface area (Å²) in [4.78, 5) is 22.0. The minimum Gasteiger partial charge on any atom is -0.496 e. The van der Waals surface area contributed by atoms with E-state index in [1.165, 1.54) is 7.11 Å². The minimum absolute atomic E-state index is 0.0993. The summed E-state index contributed by atoms with van der Waals surface area (Å²) in [5.41, 5.74) is 1.55. The van der Waals surface area contributed by atoms with Crippen molar-refractivity contribution in [2.45, 2.75) is 26.2 Å². The predicted molar refractivity (Wildman–Crippen MR) is 62.1 cm³/mol. The first-order valence-electron chi connectivity index (χ1n) is 5.25. The van der Waals surface area contributed by atoms with Crippen LogP contribution in [0, 0.1) is 0 Å². The summed E-state index contributed by atoms with van der Waals surface area (Å²) in [7, 11) is 1.52. The lowest BCUT2D eigenvalue weighted by Crippen LogP contribution is -2.04. The van der Waals surface area contributed by atoms with Gasteiger partial charge in [-0.2, -0.15) is 0 Å². The number of benzene rings is 1. The summed E-state index contributed by atoms with van der Waals surface area (Å²) in [6, 6.07) is 5.50. The zero-order valence-electron chi connectivity index (χ0n) is 9.82. The Bertz CT molecular complexity index is 394. The quantitative estimate of drug-likeness (QED) is 0.435. The van der Waals surface area contributed by atoms with Gasteiger partial charge in [0.2, 0.25) is 0 Å². The Morgan fingerprint density at radius 3 is 2.62 bits per heavy atom. The number of hydrogen-bond donors (Lipinski definition) is 0. The molecule has 1 rings (SSSR count). The molecular weight excluding hydrogens is 204 g/mol. The van der Waals surface area contributed by atoms with Gasteiger partial charge in [-0.25, -0.2) is 0 Å². The number of rotatable bonds is 5. The maximum atomic E-state index is 11.7. The van der Waals surface area contributed by atoms with Gasteiger partial charge >= 0.3 is 0 Å². The van der Waals surface area contributed by atoms with E-state index in [0.717, 1.165) is 5.56 Å². The number of carbonyl (C=O) groups is 2. The van der Waals surface area contributed by atoms with Crippen LogP contribution in [0.15, 0.2) is 18.2 Å². The monoisotopic (exact) mass is 220 g/mol. The molecule has 16 heavy (non-hydrogen) atoms. The molecule has 0 spiro atoms. The number of hydrogen-bond acceptors (Lipinski definition) is 3. The van der Waals surface area contributed by atoms with E-state index in [0.29, 0.717) is 23.5 Å². The average molecular weight is 220 g/mol. The summed E-state index contributed by atoms with van der Waals surface area (Å²) in [5.74, 6) is 0.666. The normalized spacial score (nSPS) is 10.2. The van der Waals surface area contributed by atoms with Gasteiger partial charge in [-0.15, -0.1) is 0 Å². The van der Waals surface area contributed by atoms with Gasteiger partial charge in [0.25, 0.3) is 0 Å². The highest BCUT2D eigenvalue weighted by molar-refractivity contribution is 6.04. The van der Waals surface area contributed by atoms with Crippen LogP contribution in [0.2, 0.25) is 0 Å². The molecule has 0 N–H and O–H groups in total. The zero-order valence-corrected chi connectivity index (χ0v) is 9.82. The van der Waals surface area contributed by atoms with Crippen LogP contribution in [0.1, 0.15) is 42.1 Å². The first kappa shape index (κ1) is 12.4. The highest BCUT2D eigenvalue weighted by Gasteiger charge is 2.13. The van der Waals surface area contributed by atoms with E-state index < -0.39 is 0 Å². The number of methoxy groups -OCH3 is 1. The molecule has 0 bridgehead atoms. The summed E-state index contributed by atoms with van der Waals surface area (Å²) >= 11 is 0. The Hall–Kier alpha value is -1.64. The Balaban J connectivity index is 3.16. The molecule has 0 aromatic heterocycles. The van der Waals surface area contributed by atoms with Crippen molar-refractivity contribution < 1.29 is 14.3 Å². The van der Waals surface area contributed by atoms with Crippen molar-refractivity contribution in [2.24, 2.45) is 0 Å². The van der Waals surface area contributed by atoms with E-state index in [9.17, 15) is 9.59 Å². The molecule has 1 aromatic carbocycles. The van der Waals surface area contributed by atoms with E-state index in [-0.39, 0.29) is 12.2 Å². The molecule has 0 radical (unpaired) electrons. The van der Waals surface area contributed by atoms with Crippen molar-refractivity contribution in [1.82, 2.24) is 0 Å². The summed E-state index contributed by atoms with van der Waals surface area (Å²) in [6.45, 7) is 4.10. The van der Waals surface area contributed by atoms with Gasteiger partial charge in [-0.3, -0.25) is 4.79 Å². The van der Waals surface area contributed by atoms with Crippen LogP contribution in [0.3, 0.4) is 0 Å². The molecule has 0 unspecified atom stereocenters. The molecule has 0 heterocycles. The lowest BCUT2D eigenvalue weighted by molar-refractivity contribution is -0.107. The number of Topliss-reactive ketones (excluding diaryl/α,β-unsaturated/α-hetero) is 1. The SMILES string of the molecule is COc1ccc(C(C)C)cc1C(=O)CC=O. The van der Waals surface area contributed by atoms with E-state index in [2.05, 4.69) is 13.8 Å². The van der Waals surface area contributed by atoms with Gasteiger partial charge in [-0.1, -0.05) is 19.9 Å². The lowest BCUT2D eigenvalue weighted by Gasteiger charge is -2.11. The number of ether oxygens (including phenoxy) is 1. The first-order valence-corrected chi connectivity index (χ1v) is 5.25. The number of carbonyl (C=O) groups excluding carboxylic acids is 2. The fraction of sp³-hybridized carbons (Fsp3) is 0.385. The summed E-state index contributed by atoms with van der Waals surface area (Å²) in [6.07, 6.45) is 0.516. The summed E-state index contributed by atoms with van der Waals surface area (Å²) in [5, 5.41) is 0. The van der Waals surface area contributed by atoms with Crippen molar-refractivity contribution in [3.63, 3.8) is 0 Å². The molecule has 0 aliphatic rings. The third-order valence-corrected chi connectivity index (χ3v) is 2.46. The fourth-order valence-corrected chi connectivity index (χ4v) is 1.49. The highest BCUT2D eigenvalue weighted by Crippen LogP contribution is 2.24. The second-order valence-corrected chi connectivity index (χ2v) is 3.91. The lowest BCUT2D eigenvalue weighted by atomic mass is 9.98. The molecule has 0 saturated heterocycles. The molecule has 1 aromatic rings. The topological polar surface area (TPSA) is 43.4 Å². The summed E-state index contributed by atoms with van der Waals surface area (Å²) < 4.78 is 5.11. The van der Waals surface area contributed by atoms with E-state index in [1.54, 1.807) is 12.1 Å². The minimum atomic E-state index is -0.200. The van der Waals surface area contributed by atoms with Gasteiger partial charge in [0.15, 0.2) is 5.78 Å². The maximum Gasteiger partial charge on any atom is 0.173 e. The van der Waals surface area contributed by atoms with Gasteiger partial charge in [0.05, 0.1) is 19.1 Å². The Kier molecular flexibility index (Phi) is 4.23.